The number of rotatable bonds is 3. The first-order chi connectivity index (χ1) is 12.7. The zero-order valence-electron chi connectivity index (χ0n) is 15.4. The average molecular weight is 386 g/mol. The first-order valence-electron chi connectivity index (χ1n) is 8.52. The van der Waals surface area contributed by atoms with E-state index in [1.54, 1.807) is 26.2 Å². The quantitative estimate of drug-likeness (QED) is 0.747. The summed E-state index contributed by atoms with van der Waals surface area (Å²) >= 11 is 1.35. The summed E-state index contributed by atoms with van der Waals surface area (Å²) in [5, 5.41) is 22.2. The van der Waals surface area contributed by atoms with Gasteiger partial charge in [0.25, 0.3) is 0 Å². The second kappa shape index (κ2) is 7.28. The standard InChI is InChI=1S/C19H22N4O3S/c1-18(2,26)15-8-19(3,27-16(22-15)23-17(24)25)14-6-4-5-12(7-14)13-9-20-11-21-10-13/h4-7,9-11,15,26H,8H2,1-3H3,(H,22,23)(H,24,25)/t15-,19-/m0/s1. The number of amidine groups is 1. The Balaban J connectivity index is 1.99. The smallest absolute Gasteiger partial charge is 0.410 e. The maximum atomic E-state index is 11.1. The first kappa shape index (κ1) is 19.3. The van der Waals surface area contributed by atoms with Crippen LogP contribution in [0.1, 0.15) is 32.8 Å². The number of hydrogen-bond donors (Lipinski definition) is 3. The number of carbonyl (C=O) groups is 1. The van der Waals surface area contributed by atoms with Crippen molar-refractivity contribution in [1.29, 1.82) is 0 Å². The lowest BCUT2D eigenvalue weighted by Crippen LogP contribution is -2.45. The summed E-state index contributed by atoms with van der Waals surface area (Å²) in [5.41, 5.74) is 1.83. The van der Waals surface area contributed by atoms with Gasteiger partial charge in [0.05, 0.1) is 11.6 Å². The number of amides is 1. The number of benzene rings is 1. The van der Waals surface area contributed by atoms with Gasteiger partial charge in [0.15, 0.2) is 5.17 Å². The third kappa shape index (κ3) is 4.45. The molecule has 7 nitrogen and oxygen atoms in total. The highest BCUT2D eigenvalue weighted by molar-refractivity contribution is 8.14. The van der Waals surface area contributed by atoms with E-state index in [1.165, 1.54) is 18.1 Å². The summed E-state index contributed by atoms with van der Waals surface area (Å²) in [5.74, 6) is 0. The fourth-order valence-electron chi connectivity index (χ4n) is 3.05. The Bertz CT molecular complexity index is 867. The van der Waals surface area contributed by atoms with E-state index in [9.17, 15) is 9.90 Å². The summed E-state index contributed by atoms with van der Waals surface area (Å²) in [6.07, 6.45) is 4.39. The number of hydrogen-bond acceptors (Lipinski definition) is 6. The van der Waals surface area contributed by atoms with Gasteiger partial charge in [0, 0.05) is 22.7 Å². The summed E-state index contributed by atoms with van der Waals surface area (Å²) in [4.78, 5) is 23.7. The van der Waals surface area contributed by atoms with Crippen molar-refractivity contribution in [3.05, 3.63) is 48.5 Å². The van der Waals surface area contributed by atoms with E-state index in [0.717, 1.165) is 16.7 Å². The molecule has 1 aliphatic rings. The van der Waals surface area contributed by atoms with Crippen molar-refractivity contribution in [3.8, 4) is 11.1 Å². The van der Waals surface area contributed by atoms with Crippen molar-refractivity contribution in [3.63, 3.8) is 0 Å². The van der Waals surface area contributed by atoms with E-state index in [-0.39, 0.29) is 5.17 Å². The molecule has 1 aromatic carbocycles. The number of thioether (sulfide) groups is 1. The van der Waals surface area contributed by atoms with Crippen LogP contribution in [0.3, 0.4) is 0 Å². The molecule has 2 heterocycles. The Labute approximate surface area is 162 Å². The van der Waals surface area contributed by atoms with Crippen LogP contribution in [0.2, 0.25) is 0 Å². The van der Waals surface area contributed by atoms with Crippen molar-refractivity contribution in [1.82, 2.24) is 15.3 Å². The molecule has 1 aromatic heterocycles. The van der Waals surface area contributed by atoms with Crippen LogP contribution in [-0.2, 0) is 4.75 Å². The number of carboxylic acid groups (broad SMARTS) is 1. The summed E-state index contributed by atoms with van der Waals surface area (Å²) < 4.78 is -0.462. The van der Waals surface area contributed by atoms with E-state index in [0.29, 0.717) is 6.42 Å². The van der Waals surface area contributed by atoms with Crippen molar-refractivity contribution in [2.75, 3.05) is 0 Å². The van der Waals surface area contributed by atoms with Crippen LogP contribution >= 0.6 is 11.8 Å². The van der Waals surface area contributed by atoms with Gasteiger partial charge in [-0.1, -0.05) is 30.0 Å². The summed E-state index contributed by atoms with van der Waals surface area (Å²) in [7, 11) is 0. The highest BCUT2D eigenvalue weighted by Crippen LogP contribution is 2.46. The zero-order valence-corrected chi connectivity index (χ0v) is 16.2. The number of aliphatic hydroxyl groups is 1. The minimum atomic E-state index is -1.17. The Hall–Kier alpha value is -2.45. The Kier molecular flexibility index (Phi) is 5.21. The molecule has 0 fully saturated rings. The van der Waals surface area contributed by atoms with Gasteiger partial charge < -0.3 is 10.2 Å². The molecule has 3 rings (SSSR count). The molecule has 0 bridgehead atoms. The third-order valence-electron chi connectivity index (χ3n) is 4.57. The minimum Gasteiger partial charge on any atom is -0.465 e. The van der Waals surface area contributed by atoms with E-state index < -0.39 is 22.5 Å². The van der Waals surface area contributed by atoms with Crippen LogP contribution < -0.4 is 5.32 Å². The molecule has 0 saturated heterocycles. The highest BCUT2D eigenvalue weighted by Gasteiger charge is 2.42. The van der Waals surface area contributed by atoms with Gasteiger partial charge in [-0.05, 0) is 44.4 Å². The van der Waals surface area contributed by atoms with Crippen LogP contribution in [-0.4, -0.2) is 43.1 Å². The van der Waals surface area contributed by atoms with E-state index in [4.69, 9.17) is 5.11 Å². The van der Waals surface area contributed by atoms with Crippen molar-refractivity contribution < 1.29 is 15.0 Å². The van der Waals surface area contributed by atoms with Crippen LogP contribution in [0, 0.1) is 0 Å². The van der Waals surface area contributed by atoms with Gasteiger partial charge in [-0.2, -0.15) is 0 Å². The molecule has 0 radical (unpaired) electrons. The number of aromatic nitrogens is 2. The predicted molar refractivity (Wildman–Crippen MR) is 106 cm³/mol. The lowest BCUT2D eigenvalue weighted by Gasteiger charge is -2.40. The summed E-state index contributed by atoms with van der Waals surface area (Å²) in [6.45, 7) is 5.41. The molecule has 0 unspecified atom stereocenters. The predicted octanol–water partition coefficient (Wildman–Crippen LogP) is 3.26. The SMILES string of the molecule is CC(C)(O)[C@@H]1C[C@@](C)(c2cccc(-c3cncnc3)c2)SC(NC(=O)O)=N1. The molecule has 1 aliphatic heterocycles. The molecule has 1 amide bonds. The normalized spacial score (nSPS) is 22.8. The van der Waals surface area contributed by atoms with E-state index in [1.807, 2.05) is 25.1 Å². The van der Waals surface area contributed by atoms with Crippen LogP contribution in [0.5, 0.6) is 0 Å². The number of nitrogens with one attached hydrogen (secondary N) is 1. The lowest BCUT2D eigenvalue weighted by atomic mass is 9.85. The molecule has 27 heavy (non-hydrogen) atoms. The fraction of sp³-hybridized carbons (Fsp3) is 0.368. The van der Waals surface area contributed by atoms with Crippen LogP contribution in [0.4, 0.5) is 4.79 Å². The van der Waals surface area contributed by atoms with Crippen molar-refractivity contribution >= 4 is 23.0 Å². The van der Waals surface area contributed by atoms with E-state index >= 15 is 0 Å². The van der Waals surface area contributed by atoms with Crippen molar-refractivity contribution in [2.45, 2.75) is 43.6 Å². The van der Waals surface area contributed by atoms with Crippen molar-refractivity contribution in [2.24, 2.45) is 4.99 Å². The number of nitrogens with zero attached hydrogens (tertiary/aromatic N) is 3. The fourth-order valence-corrected chi connectivity index (χ4v) is 4.28. The number of aliphatic imine (C=N–C) groups is 1. The van der Waals surface area contributed by atoms with Gasteiger partial charge in [-0.3, -0.25) is 10.3 Å². The largest absolute Gasteiger partial charge is 0.465 e. The second-order valence-corrected chi connectivity index (χ2v) is 8.77. The first-order valence-corrected chi connectivity index (χ1v) is 9.34. The second-order valence-electron chi connectivity index (χ2n) is 7.28. The van der Waals surface area contributed by atoms with Crippen LogP contribution in [0.15, 0.2) is 48.0 Å². The minimum absolute atomic E-state index is 0.289. The van der Waals surface area contributed by atoms with Gasteiger partial charge in [-0.15, -0.1) is 0 Å². The zero-order chi connectivity index (χ0) is 19.7. The Morgan fingerprint density at radius 2 is 2.00 bits per heavy atom. The Morgan fingerprint density at radius 1 is 1.30 bits per heavy atom. The topological polar surface area (TPSA) is 108 Å². The maximum Gasteiger partial charge on any atom is 0.410 e. The molecule has 142 valence electrons. The van der Waals surface area contributed by atoms with Gasteiger partial charge in [0.2, 0.25) is 0 Å². The molecule has 0 saturated carbocycles. The molecular weight excluding hydrogens is 364 g/mol. The molecule has 3 N–H and O–H groups in total. The molecule has 8 heteroatoms. The third-order valence-corrected chi connectivity index (χ3v) is 5.83. The Morgan fingerprint density at radius 3 is 2.63 bits per heavy atom. The summed E-state index contributed by atoms with van der Waals surface area (Å²) in [6, 6.07) is 7.56. The lowest BCUT2D eigenvalue weighted by molar-refractivity contribution is 0.0460. The molecule has 2 atom stereocenters. The molecule has 0 spiro atoms. The highest BCUT2D eigenvalue weighted by atomic mass is 32.2. The molecule has 0 aliphatic carbocycles. The molecular formula is C19H22N4O3S. The maximum absolute atomic E-state index is 11.1. The van der Waals surface area contributed by atoms with Gasteiger partial charge in [0.1, 0.15) is 6.33 Å². The van der Waals surface area contributed by atoms with Gasteiger partial charge in [-0.25, -0.2) is 14.8 Å². The average Bonchev–Trinajstić information content (AvgIpc) is 2.61. The van der Waals surface area contributed by atoms with Gasteiger partial charge >= 0.3 is 6.09 Å². The van der Waals surface area contributed by atoms with Crippen LogP contribution in [0.25, 0.3) is 11.1 Å². The van der Waals surface area contributed by atoms with E-state index in [2.05, 4.69) is 26.3 Å². The molecule has 2 aromatic rings. The monoisotopic (exact) mass is 386 g/mol.